The lowest BCUT2D eigenvalue weighted by Crippen LogP contribution is -2.44. The van der Waals surface area contributed by atoms with Crippen molar-refractivity contribution in [3.05, 3.63) is 0 Å². The van der Waals surface area contributed by atoms with Crippen molar-refractivity contribution in [1.29, 1.82) is 0 Å². The van der Waals surface area contributed by atoms with Gasteiger partial charge in [-0.25, -0.2) is 0 Å². The summed E-state index contributed by atoms with van der Waals surface area (Å²) in [6.07, 6.45) is 85.3. The molecule has 0 rings (SSSR count). The van der Waals surface area contributed by atoms with Gasteiger partial charge in [-0.15, -0.1) is 0 Å². The summed E-state index contributed by atoms with van der Waals surface area (Å²) in [6.45, 7) is 4.86. The fraction of sp³-hybridized carbons (Fsp3) is 0.963. The number of carboxylic acids is 1. The van der Waals surface area contributed by atoms with Crippen LogP contribution in [0.2, 0.25) is 0 Å². The average Bonchev–Trinajstić information content (AvgIpc) is 3.64. The molecule has 0 aromatic rings. The predicted molar refractivity (Wildman–Crippen MR) is 381 cm³/mol. The second-order valence-electron chi connectivity index (χ2n) is 29.1. The van der Waals surface area contributed by atoms with Crippen molar-refractivity contribution in [2.75, 3.05) is 47.5 Å². The van der Waals surface area contributed by atoms with Gasteiger partial charge in [0.25, 0.3) is 0 Å². The van der Waals surface area contributed by atoms with E-state index in [1.807, 2.05) is 21.1 Å². The highest BCUT2D eigenvalue weighted by molar-refractivity contribution is 5.70. The van der Waals surface area contributed by atoms with Crippen LogP contribution < -0.4 is 5.11 Å². The Balaban J connectivity index is 3.94. The van der Waals surface area contributed by atoms with E-state index in [0.717, 1.165) is 38.5 Å². The molecule has 0 heterocycles. The summed E-state index contributed by atoms with van der Waals surface area (Å²) in [6, 6.07) is 0. The van der Waals surface area contributed by atoms with Crippen LogP contribution in [0.4, 0.5) is 0 Å². The number of carboxylic acid groups (broad SMARTS) is 1. The molecular formula is C80H157NO8. The van der Waals surface area contributed by atoms with Gasteiger partial charge in [-0.05, 0) is 12.8 Å². The lowest BCUT2D eigenvalue weighted by Gasteiger charge is -2.26. The van der Waals surface area contributed by atoms with Crippen LogP contribution in [0.5, 0.6) is 0 Å². The highest BCUT2D eigenvalue weighted by atomic mass is 16.7. The number of ether oxygens (including phenoxy) is 4. The summed E-state index contributed by atoms with van der Waals surface area (Å²) in [7, 11) is 5.96. The number of hydrogen-bond donors (Lipinski definition) is 0. The molecule has 0 aliphatic carbocycles. The first-order chi connectivity index (χ1) is 43.6. The molecular weight excluding hydrogens is 1100 g/mol. The lowest BCUT2D eigenvalue weighted by atomic mass is 10.0. The molecule has 0 fully saturated rings. The van der Waals surface area contributed by atoms with E-state index in [-0.39, 0.29) is 32.2 Å². The summed E-state index contributed by atoms with van der Waals surface area (Å²) in [5.41, 5.74) is 0. The molecule has 2 unspecified atom stereocenters. The van der Waals surface area contributed by atoms with Crippen LogP contribution in [0.25, 0.3) is 0 Å². The minimum Gasteiger partial charge on any atom is -0.545 e. The molecule has 0 saturated carbocycles. The Morgan fingerprint density at radius 3 is 0.719 bits per heavy atom. The highest BCUT2D eigenvalue weighted by Gasteiger charge is 2.22. The summed E-state index contributed by atoms with van der Waals surface area (Å²) >= 11 is 0. The number of carbonyl (C=O) groups excluding carboxylic acids is 3. The SMILES string of the molecule is CCCCCCCCCCCCCCCCCCCCCCCCCCCCCCCCCCCCCCC(=O)OC(COC(=O)CCCCCCCCCCCCCCCCCCCCCCCCCCCCCC)COC(OCC[N+](C)(C)C)C(=O)[O-]. The largest absolute Gasteiger partial charge is 0.545 e. The van der Waals surface area contributed by atoms with Crippen LogP contribution in [-0.4, -0.2) is 82.3 Å². The molecule has 0 aromatic carbocycles. The van der Waals surface area contributed by atoms with Gasteiger partial charge in [0.05, 0.1) is 40.3 Å². The third kappa shape index (κ3) is 73.6. The fourth-order valence-electron chi connectivity index (χ4n) is 12.7. The number of nitrogens with zero attached hydrogens (tertiary/aromatic N) is 1. The van der Waals surface area contributed by atoms with Crippen molar-refractivity contribution in [3.63, 3.8) is 0 Å². The van der Waals surface area contributed by atoms with E-state index in [2.05, 4.69) is 13.8 Å². The zero-order chi connectivity index (χ0) is 64.7. The Kier molecular flexibility index (Phi) is 70.7. The van der Waals surface area contributed by atoms with Crippen LogP contribution in [0.3, 0.4) is 0 Å². The maximum absolute atomic E-state index is 13.0. The zero-order valence-corrected chi connectivity index (χ0v) is 60.9. The molecule has 0 saturated heterocycles. The van der Waals surface area contributed by atoms with Crippen molar-refractivity contribution in [2.45, 2.75) is 450 Å². The van der Waals surface area contributed by atoms with Crippen molar-refractivity contribution < 1.29 is 42.9 Å². The minimum atomic E-state index is -1.62. The van der Waals surface area contributed by atoms with Gasteiger partial charge in [0.2, 0.25) is 0 Å². The molecule has 89 heavy (non-hydrogen) atoms. The van der Waals surface area contributed by atoms with E-state index < -0.39 is 24.3 Å². The summed E-state index contributed by atoms with van der Waals surface area (Å²) in [5.74, 6) is -2.24. The third-order valence-corrected chi connectivity index (χ3v) is 18.9. The monoisotopic (exact) mass is 1260 g/mol. The average molecular weight is 1260 g/mol. The fourth-order valence-corrected chi connectivity index (χ4v) is 12.7. The van der Waals surface area contributed by atoms with Gasteiger partial charge >= 0.3 is 11.9 Å². The Morgan fingerprint density at radius 1 is 0.292 bits per heavy atom. The number of unbranched alkanes of at least 4 members (excludes halogenated alkanes) is 62. The van der Waals surface area contributed by atoms with Crippen molar-refractivity contribution in [2.24, 2.45) is 0 Å². The third-order valence-electron chi connectivity index (χ3n) is 18.9. The number of aliphatic carboxylic acids is 1. The van der Waals surface area contributed by atoms with E-state index >= 15 is 0 Å². The molecule has 0 amide bonds. The molecule has 0 aromatic heterocycles. The van der Waals surface area contributed by atoms with Gasteiger partial charge in [0.15, 0.2) is 12.4 Å². The van der Waals surface area contributed by atoms with Gasteiger partial charge in [0, 0.05) is 12.8 Å². The maximum Gasteiger partial charge on any atom is 0.306 e. The van der Waals surface area contributed by atoms with E-state index in [1.54, 1.807) is 0 Å². The number of esters is 2. The molecule has 0 aliphatic heterocycles. The van der Waals surface area contributed by atoms with Crippen LogP contribution >= 0.6 is 0 Å². The molecule has 530 valence electrons. The van der Waals surface area contributed by atoms with Gasteiger partial charge in [-0.2, -0.15) is 0 Å². The number of hydrogen-bond acceptors (Lipinski definition) is 8. The Labute approximate surface area is 555 Å². The van der Waals surface area contributed by atoms with Crippen LogP contribution in [0, 0.1) is 0 Å². The van der Waals surface area contributed by atoms with Gasteiger partial charge in [-0.1, -0.05) is 412 Å². The molecule has 0 bridgehead atoms. The quantitative estimate of drug-likeness (QED) is 0.0256. The first-order valence-electron chi connectivity index (χ1n) is 40.2. The van der Waals surface area contributed by atoms with E-state index in [9.17, 15) is 19.5 Å². The molecule has 2 atom stereocenters. The Bertz CT molecular complexity index is 1420. The van der Waals surface area contributed by atoms with Crippen molar-refractivity contribution in [3.8, 4) is 0 Å². The Morgan fingerprint density at radius 2 is 0.506 bits per heavy atom. The molecule has 0 N–H and O–H groups in total. The van der Waals surface area contributed by atoms with Crippen LogP contribution in [0.15, 0.2) is 0 Å². The second kappa shape index (κ2) is 72.1. The van der Waals surface area contributed by atoms with E-state index in [1.165, 1.54) is 372 Å². The normalized spacial score (nSPS) is 12.5. The van der Waals surface area contributed by atoms with Crippen molar-refractivity contribution in [1.82, 2.24) is 0 Å². The molecule has 0 aliphatic rings. The van der Waals surface area contributed by atoms with E-state index in [0.29, 0.717) is 17.4 Å². The molecule has 0 spiro atoms. The van der Waals surface area contributed by atoms with Crippen LogP contribution in [0.1, 0.15) is 438 Å². The second-order valence-corrected chi connectivity index (χ2v) is 29.1. The topological polar surface area (TPSA) is 111 Å². The summed E-state index contributed by atoms with van der Waals surface area (Å²) in [4.78, 5) is 37.6. The number of carbonyl (C=O) groups is 3. The number of rotatable bonds is 77. The number of likely N-dealkylation sites (N-methyl/N-ethyl adjacent to an activating group) is 1. The van der Waals surface area contributed by atoms with Crippen LogP contribution in [-0.2, 0) is 33.3 Å². The first-order valence-corrected chi connectivity index (χ1v) is 40.2. The van der Waals surface area contributed by atoms with Gasteiger partial charge in [-0.3, -0.25) is 9.59 Å². The zero-order valence-electron chi connectivity index (χ0n) is 60.9. The standard InChI is InChI=1S/C80H157NO8/c1-6-8-10-12-14-16-18-20-22-24-26-28-30-32-34-36-37-38-39-40-41-42-43-45-47-49-51-53-55-57-59-61-63-65-67-69-71-78(83)89-76(75-88-80(79(84)85)86-73-72-81(3,4)5)74-87-77(82)70-68-66-64-62-60-58-56-54-52-50-48-46-44-35-33-31-29-27-25-23-21-19-17-15-13-11-9-7-2/h76,80H,6-75H2,1-5H3. The Hall–Kier alpha value is -1.71. The first kappa shape index (κ1) is 87.3. The summed E-state index contributed by atoms with van der Waals surface area (Å²) in [5, 5.41) is 11.9. The maximum atomic E-state index is 13.0. The number of quaternary nitrogens is 1. The lowest BCUT2D eigenvalue weighted by molar-refractivity contribution is -0.870. The molecule has 9 heteroatoms. The molecule has 9 nitrogen and oxygen atoms in total. The smallest absolute Gasteiger partial charge is 0.306 e. The highest BCUT2D eigenvalue weighted by Crippen LogP contribution is 2.21. The minimum absolute atomic E-state index is 0.154. The van der Waals surface area contributed by atoms with E-state index in [4.69, 9.17) is 18.9 Å². The predicted octanol–water partition coefficient (Wildman–Crippen LogP) is 24.0. The molecule has 0 radical (unpaired) electrons. The van der Waals surface area contributed by atoms with Crippen molar-refractivity contribution >= 4 is 17.9 Å². The van der Waals surface area contributed by atoms with Gasteiger partial charge in [0.1, 0.15) is 13.2 Å². The summed E-state index contributed by atoms with van der Waals surface area (Å²) < 4.78 is 22.9. The van der Waals surface area contributed by atoms with Gasteiger partial charge < -0.3 is 33.3 Å².